The number of ether oxygens (including phenoxy) is 1. The minimum atomic E-state index is 0.707. The summed E-state index contributed by atoms with van der Waals surface area (Å²) >= 11 is 0. The molecule has 1 aliphatic carbocycles. The van der Waals surface area contributed by atoms with Crippen molar-refractivity contribution in [1.29, 1.82) is 0 Å². The first-order valence-electron chi connectivity index (χ1n) is 7.17. The molecule has 94 valence electrons. The van der Waals surface area contributed by atoms with Gasteiger partial charge in [-0.2, -0.15) is 0 Å². The second-order valence-electron chi connectivity index (χ2n) is 5.54. The van der Waals surface area contributed by atoms with Crippen LogP contribution in [0, 0.1) is 11.8 Å². The third-order valence-corrected chi connectivity index (χ3v) is 4.44. The van der Waals surface area contributed by atoms with Crippen LogP contribution in [0.1, 0.15) is 51.4 Å². The quantitative estimate of drug-likeness (QED) is 0.746. The first-order valence-corrected chi connectivity index (χ1v) is 7.17. The third kappa shape index (κ3) is 3.21. The van der Waals surface area contributed by atoms with E-state index < -0.39 is 0 Å². The molecule has 0 aromatic carbocycles. The smallest absolute Gasteiger partial charge is 0.0509 e. The van der Waals surface area contributed by atoms with E-state index in [-0.39, 0.29) is 0 Å². The van der Waals surface area contributed by atoms with Crippen LogP contribution >= 0.6 is 0 Å². The van der Waals surface area contributed by atoms with Crippen LogP contribution in [-0.4, -0.2) is 26.3 Å². The molecule has 0 aromatic heterocycles. The second kappa shape index (κ2) is 6.61. The molecule has 2 aliphatic rings. The maximum atomic E-state index is 5.65. The molecule has 0 aromatic rings. The first-order chi connectivity index (χ1) is 7.92. The molecular formula is C14H27NO. The Hall–Kier alpha value is -0.0800. The molecule has 0 amide bonds. The Balaban J connectivity index is 1.90. The average molecular weight is 225 g/mol. The Labute approximate surface area is 100 Å². The normalized spacial score (nSPS) is 30.9. The highest BCUT2D eigenvalue weighted by Gasteiger charge is 2.29. The van der Waals surface area contributed by atoms with Crippen LogP contribution in [-0.2, 0) is 4.74 Å². The summed E-state index contributed by atoms with van der Waals surface area (Å²) < 4.78 is 5.65. The summed E-state index contributed by atoms with van der Waals surface area (Å²) in [6.07, 6.45) is 11.3. The van der Waals surface area contributed by atoms with Gasteiger partial charge >= 0.3 is 0 Å². The SMILES string of the molecule is CNC(C1CCCCCC1)C1CCCOC1. The van der Waals surface area contributed by atoms with Crippen molar-refractivity contribution in [3.05, 3.63) is 0 Å². The molecular weight excluding hydrogens is 198 g/mol. The van der Waals surface area contributed by atoms with Gasteiger partial charge in [-0.05, 0) is 44.6 Å². The lowest BCUT2D eigenvalue weighted by molar-refractivity contribution is 0.0285. The van der Waals surface area contributed by atoms with Gasteiger partial charge in [-0.15, -0.1) is 0 Å². The van der Waals surface area contributed by atoms with Gasteiger partial charge in [-0.1, -0.05) is 25.7 Å². The fraction of sp³-hybridized carbons (Fsp3) is 1.00. The van der Waals surface area contributed by atoms with E-state index in [1.807, 2.05) is 0 Å². The lowest BCUT2D eigenvalue weighted by atomic mass is 9.81. The maximum Gasteiger partial charge on any atom is 0.0509 e. The molecule has 0 bridgehead atoms. The average Bonchev–Trinajstić information content (AvgIpc) is 2.61. The summed E-state index contributed by atoms with van der Waals surface area (Å²) in [5.41, 5.74) is 0. The van der Waals surface area contributed by atoms with E-state index in [2.05, 4.69) is 12.4 Å². The molecule has 2 heteroatoms. The van der Waals surface area contributed by atoms with E-state index in [9.17, 15) is 0 Å². The molecule has 1 saturated heterocycles. The van der Waals surface area contributed by atoms with E-state index >= 15 is 0 Å². The van der Waals surface area contributed by atoms with Crippen LogP contribution in [0.15, 0.2) is 0 Å². The standard InChI is InChI=1S/C14H27NO/c1-15-14(13-9-6-10-16-11-13)12-7-4-2-3-5-8-12/h12-15H,2-11H2,1H3. The Morgan fingerprint density at radius 2 is 1.62 bits per heavy atom. The number of rotatable bonds is 3. The molecule has 1 saturated carbocycles. The fourth-order valence-corrected chi connectivity index (χ4v) is 3.58. The number of hydrogen-bond acceptors (Lipinski definition) is 2. The van der Waals surface area contributed by atoms with Gasteiger partial charge < -0.3 is 10.1 Å². The van der Waals surface area contributed by atoms with Crippen molar-refractivity contribution in [2.45, 2.75) is 57.4 Å². The zero-order valence-electron chi connectivity index (χ0n) is 10.7. The molecule has 2 nitrogen and oxygen atoms in total. The lowest BCUT2D eigenvalue weighted by Crippen LogP contribution is -2.43. The minimum Gasteiger partial charge on any atom is -0.381 e. The number of nitrogens with one attached hydrogen (secondary N) is 1. The maximum absolute atomic E-state index is 5.65. The molecule has 0 radical (unpaired) electrons. The zero-order chi connectivity index (χ0) is 11.2. The molecule has 1 heterocycles. The summed E-state index contributed by atoms with van der Waals surface area (Å²) in [5, 5.41) is 3.59. The van der Waals surface area contributed by atoms with Crippen LogP contribution in [0.2, 0.25) is 0 Å². The molecule has 2 fully saturated rings. The fourth-order valence-electron chi connectivity index (χ4n) is 3.58. The first kappa shape index (κ1) is 12.4. The molecule has 1 aliphatic heterocycles. The predicted molar refractivity (Wildman–Crippen MR) is 67.6 cm³/mol. The molecule has 2 unspecified atom stereocenters. The van der Waals surface area contributed by atoms with Crippen molar-refractivity contribution < 1.29 is 4.74 Å². The van der Waals surface area contributed by atoms with Crippen LogP contribution in [0.5, 0.6) is 0 Å². The van der Waals surface area contributed by atoms with Gasteiger partial charge in [0.1, 0.15) is 0 Å². The van der Waals surface area contributed by atoms with Crippen LogP contribution < -0.4 is 5.32 Å². The second-order valence-corrected chi connectivity index (χ2v) is 5.54. The van der Waals surface area contributed by atoms with E-state index in [0.717, 1.165) is 25.0 Å². The van der Waals surface area contributed by atoms with Crippen molar-refractivity contribution in [1.82, 2.24) is 5.32 Å². The van der Waals surface area contributed by atoms with Crippen LogP contribution in [0.4, 0.5) is 0 Å². The molecule has 2 rings (SSSR count). The van der Waals surface area contributed by atoms with Gasteiger partial charge in [0, 0.05) is 12.6 Å². The Kier molecular flexibility index (Phi) is 5.11. The summed E-state index contributed by atoms with van der Waals surface area (Å²) in [6, 6.07) is 0.707. The van der Waals surface area contributed by atoms with E-state index in [4.69, 9.17) is 4.74 Å². The van der Waals surface area contributed by atoms with Gasteiger partial charge in [0.2, 0.25) is 0 Å². The predicted octanol–water partition coefficient (Wildman–Crippen LogP) is 2.97. The zero-order valence-corrected chi connectivity index (χ0v) is 10.7. The van der Waals surface area contributed by atoms with E-state index in [0.29, 0.717) is 6.04 Å². The largest absolute Gasteiger partial charge is 0.381 e. The van der Waals surface area contributed by atoms with Gasteiger partial charge in [0.15, 0.2) is 0 Å². The minimum absolute atomic E-state index is 0.707. The Morgan fingerprint density at radius 1 is 0.938 bits per heavy atom. The molecule has 1 N–H and O–H groups in total. The Bertz CT molecular complexity index is 181. The van der Waals surface area contributed by atoms with Crippen molar-refractivity contribution in [3.63, 3.8) is 0 Å². The van der Waals surface area contributed by atoms with Gasteiger partial charge in [0.25, 0.3) is 0 Å². The summed E-state index contributed by atoms with van der Waals surface area (Å²) in [7, 11) is 2.14. The van der Waals surface area contributed by atoms with Crippen LogP contribution in [0.3, 0.4) is 0 Å². The highest BCUT2D eigenvalue weighted by atomic mass is 16.5. The van der Waals surface area contributed by atoms with E-state index in [1.54, 1.807) is 0 Å². The van der Waals surface area contributed by atoms with Gasteiger partial charge in [-0.25, -0.2) is 0 Å². The van der Waals surface area contributed by atoms with Crippen molar-refractivity contribution in [2.75, 3.05) is 20.3 Å². The molecule has 16 heavy (non-hydrogen) atoms. The summed E-state index contributed by atoms with van der Waals surface area (Å²) in [6.45, 7) is 1.97. The Morgan fingerprint density at radius 3 is 2.19 bits per heavy atom. The lowest BCUT2D eigenvalue weighted by Gasteiger charge is -2.35. The highest BCUT2D eigenvalue weighted by molar-refractivity contribution is 4.84. The van der Waals surface area contributed by atoms with Crippen molar-refractivity contribution in [3.8, 4) is 0 Å². The van der Waals surface area contributed by atoms with Gasteiger partial charge in [0.05, 0.1) is 6.61 Å². The topological polar surface area (TPSA) is 21.3 Å². The summed E-state index contributed by atoms with van der Waals surface area (Å²) in [5.74, 6) is 1.67. The highest BCUT2D eigenvalue weighted by Crippen LogP contribution is 2.31. The van der Waals surface area contributed by atoms with Crippen LogP contribution in [0.25, 0.3) is 0 Å². The molecule has 2 atom stereocenters. The summed E-state index contributed by atoms with van der Waals surface area (Å²) in [4.78, 5) is 0. The molecule has 0 spiro atoms. The van der Waals surface area contributed by atoms with Crippen molar-refractivity contribution in [2.24, 2.45) is 11.8 Å². The monoisotopic (exact) mass is 225 g/mol. The van der Waals surface area contributed by atoms with E-state index in [1.165, 1.54) is 51.4 Å². The number of hydrogen-bond donors (Lipinski definition) is 1. The van der Waals surface area contributed by atoms with Crippen molar-refractivity contribution >= 4 is 0 Å². The van der Waals surface area contributed by atoms with Gasteiger partial charge in [-0.3, -0.25) is 0 Å². The third-order valence-electron chi connectivity index (χ3n) is 4.44.